The second-order valence-electron chi connectivity index (χ2n) is 8.17. The number of aliphatic hydroxyl groups is 1. The first-order valence-corrected chi connectivity index (χ1v) is 8.92. The molecule has 0 amide bonds. The van der Waals surface area contributed by atoms with Crippen LogP contribution in [0.4, 0.5) is 0 Å². The van der Waals surface area contributed by atoms with Crippen molar-refractivity contribution in [3.05, 3.63) is 36.5 Å². The molecule has 0 radical (unpaired) electrons. The molecule has 0 aliphatic heterocycles. The normalized spacial score (nSPS) is 40.0. The summed E-state index contributed by atoms with van der Waals surface area (Å²) in [6.07, 6.45) is 7.55. The summed E-state index contributed by atoms with van der Waals surface area (Å²) in [7, 11) is 1.45. The van der Waals surface area contributed by atoms with Crippen LogP contribution in [0.2, 0.25) is 0 Å². The maximum absolute atomic E-state index is 12.6. The van der Waals surface area contributed by atoms with Crippen molar-refractivity contribution in [3.8, 4) is 0 Å². The minimum atomic E-state index is -0.628. The molecule has 2 fully saturated rings. The quantitative estimate of drug-likeness (QED) is 0.470. The van der Waals surface area contributed by atoms with E-state index in [-0.39, 0.29) is 23.2 Å². The first kappa shape index (κ1) is 19.0. The Morgan fingerprint density at radius 2 is 2.08 bits per heavy atom. The van der Waals surface area contributed by atoms with Crippen molar-refractivity contribution in [2.45, 2.75) is 59.0 Å². The van der Waals surface area contributed by atoms with Crippen molar-refractivity contribution >= 4 is 5.97 Å². The third-order valence-corrected chi connectivity index (χ3v) is 6.59. The monoisotopic (exact) mass is 332 g/mol. The van der Waals surface area contributed by atoms with E-state index in [9.17, 15) is 9.90 Å². The molecule has 2 rings (SSSR count). The zero-order valence-corrected chi connectivity index (χ0v) is 15.6. The summed E-state index contributed by atoms with van der Waals surface area (Å²) in [5.74, 6) is 0.278. The van der Waals surface area contributed by atoms with E-state index < -0.39 is 11.5 Å². The number of rotatable bonds is 4. The Kier molecular flexibility index (Phi) is 5.44. The third-order valence-electron chi connectivity index (χ3n) is 6.59. The van der Waals surface area contributed by atoms with Gasteiger partial charge in [0.05, 0.1) is 18.6 Å². The van der Waals surface area contributed by atoms with E-state index in [1.165, 1.54) is 12.7 Å². The van der Waals surface area contributed by atoms with Crippen LogP contribution >= 0.6 is 0 Å². The Labute approximate surface area is 146 Å². The summed E-state index contributed by atoms with van der Waals surface area (Å²) in [4.78, 5) is 12.6. The van der Waals surface area contributed by atoms with Crippen molar-refractivity contribution in [2.75, 3.05) is 7.11 Å². The summed E-state index contributed by atoms with van der Waals surface area (Å²) in [5, 5.41) is 10.6. The highest BCUT2D eigenvalue weighted by molar-refractivity contribution is 5.77. The van der Waals surface area contributed by atoms with Crippen LogP contribution in [-0.2, 0) is 9.53 Å². The van der Waals surface area contributed by atoms with Gasteiger partial charge in [0, 0.05) is 0 Å². The molecular weight excluding hydrogens is 300 g/mol. The van der Waals surface area contributed by atoms with E-state index in [1.54, 1.807) is 0 Å². The lowest BCUT2D eigenvalue weighted by Crippen LogP contribution is -2.56. The first-order chi connectivity index (χ1) is 11.2. The molecule has 24 heavy (non-hydrogen) atoms. The van der Waals surface area contributed by atoms with Gasteiger partial charge < -0.3 is 9.84 Å². The fraction of sp³-hybridized carbons (Fsp3) is 0.667. The van der Waals surface area contributed by atoms with Crippen LogP contribution in [0.15, 0.2) is 36.5 Å². The summed E-state index contributed by atoms with van der Waals surface area (Å²) in [6.45, 7) is 14.4. The molecule has 2 saturated carbocycles. The fourth-order valence-electron chi connectivity index (χ4n) is 5.37. The predicted molar refractivity (Wildman–Crippen MR) is 97.4 cm³/mol. The number of carbonyl (C=O) groups excluding carboxylic acids is 1. The third kappa shape index (κ3) is 3.11. The fourth-order valence-corrected chi connectivity index (χ4v) is 5.37. The molecule has 1 N–H and O–H groups in total. The molecule has 2 aliphatic carbocycles. The summed E-state index contributed by atoms with van der Waals surface area (Å²) >= 11 is 0. The number of ether oxygens (including phenoxy) is 1. The van der Waals surface area contributed by atoms with Gasteiger partial charge in [0.25, 0.3) is 0 Å². The molecule has 0 saturated heterocycles. The Hall–Kier alpha value is -1.35. The van der Waals surface area contributed by atoms with Gasteiger partial charge >= 0.3 is 5.97 Å². The van der Waals surface area contributed by atoms with Gasteiger partial charge in [0.2, 0.25) is 0 Å². The van der Waals surface area contributed by atoms with Gasteiger partial charge in [-0.1, -0.05) is 43.4 Å². The number of fused-ring (bicyclic) bond motifs is 1. The van der Waals surface area contributed by atoms with Gasteiger partial charge in [-0.3, -0.25) is 4.79 Å². The highest BCUT2D eigenvalue weighted by Gasteiger charge is 2.59. The van der Waals surface area contributed by atoms with Crippen LogP contribution in [0.25, 0.3) is 0 Å². The number of methoxy groups -OCH3 is 1. The van der Waals surface area contributed by atoms with Gasteiger partial charge in [-0.05, 0) is 63.2 Å². The average molecular weight is 332 g/mol. The van der Waals surface area contributed by atoms with Crippen molar-refractivity contribution in [3.63, 3.8) is 0 Å². The SMILES string of the molecule is C=CC(C)=CCC1C(=C)CCC2C(C)(C(=O)OC)CC(O)CC12C. The molecule has 5 unspecified atom stereocenters. The lowest BCUT2D eigenvalue weighted by Gasteiger charge is -2.58. The number of esters is 1. The van der Waals surface area contributed by atoms with Crippen LogP contribution in [-0.4, -0.2) is 24.3 Å². The number of aliphatic hydroxyl groups excluding tert-OH is 1. The topological polar surface area (TPSA) is 46.5 Å². The highest BCUT2D eigenvalue weighted by Crippen LogP contribution is 2.62. The molecule has 0 aromatic heterocycles. The zero-order valence-electron chi connectivity index (χ0n) is 15.6. The van der Waals surface area contributed by atoms with E-state index in [0.29, 0.717) is 6.42 Å². The molecule has 2 aliphatic rings. The summed E-state index contributed by atoms with van der Waals surface area (Å²) in [5.41, 5.74) is 1.62. The van der Waals surface area contributed by atoms with Crippen molar-refractivity contribution in [1.82, 2.24) is 0 Å². The molecule has 5 atom stereocenters. The van der Waals surface area contributed by atoms with E-state index >= 15 is 0 Å². The largest absolute Gasteiger partial charge is 0.469 e. The van der Waals surface area contributed by atoms with Gasteiger partial charge in [-0.25, -0.2) is 0 Å². The lowest BCUT2D eigenvalue weighted by atomic mass is 9.46. The highest BCUT2D eigenvalue weighted by atomic mass is 16.5. The van der Waals surface area contributed by atoms with Crippen LogP contribution in [0, 0.1) is 22.7 Å². The van der Waals surface area contributed by atoms with Crippen LogP contribution in [0.5, 0.6) is 0 Å². The van der Waals surface area contributed by atoms with Gasteiger partial charge in [0.1, 0.15) is 0 Å². The smallest absolute Gasteiger partial charge is 0.311 e. The molecule has 3 nitrogen and oxygen atoms in total. The average Bonchev–Trinajstić information content (AvgIpc) is 2.51. The van der Waals surface area contributed by atoms with E-state index in [2.05, 4.69) is 26.2 Å². The molecule has 0 spiro atoms. The minimum Gasteiger partial charge on any atom is -0.469 e. The standard InChI is InChI=1S/C21H32O3/c1-7-14(2)8-10-17-15(3)9-11-18-20(17,4)12-16(22)13-21(18,5)19(23)24-6/h7-8,16-18,22H,1,3,9-13H2,2,4-6H3. The van der Waals surface area contributed by atoms with E-state index in [0.717, 1.165) is 31.3 Å². The van der Waals surface area contributed by atoms with Crippen LogP contribution in [0.3, 0.4) is 0 Å². The molecule has 0 bridgehead atoms. The van der Waals surface area contributed by atoms with Crippen molar-refractivity contribution < 1.29 is 14.6 Å². The van der Waals surface area contributed by atoms with Crippen LogP contribution in [0.1, 0.15) is 52.9 Å². The Morgan fingerprint density at radius 3 is 2.67 bits per heavy atom. The number of hydrogen-bond acceptors (Lipinski definition) is 3. The van der Waals surface area contributed by atoms with Gasteiger partial charge in [-0.15, -0.1) is 0 Å². The van der Waals surface area contributed by atoms with Gasteiger partial charge in [0.15, 0.2) is 0 Å². The van der Waals surface area contributed by atoms with E-state index in [4.69, 9.17) is 4.74 Å². The first-order valence-electron chi connectivity index (χ1n) is 8.92. The number of carbonyl (C=O) groups is 1. The molecule has 0 aromatic rings. The molecule has 3 heteroatoms. The number of hydrogen-bond donors (Lipinski definition) is 1. The molecule has 0 heterocycles. The predicted octanol–water partition coefficient (Wildman–Crippen LogP) is 4.43. The Balaban J connectivity index is 2.43. The molecular formula is C21H32O3. The molecule has 0 aromatic carbocycles. The Morgan fingerprint density at radius 1 is 1.42 bits per heavy atom. The minimum absolute atomic E-state index is 0.145. The Bertz CT molecular complexity index is 561. The number of allylic oxidation sites excluding steroid dienone is 4. The zero-order chi connectivity index (χ0) is 18.1. The maximum atomic E-state index is 12.6. The lowest BCUT2D eigenvalue weighted by molar-refractivity contribution is -0.176. The second kappa shape index (κ2) is 6.87. The molecule has 134 valence electrons. The summed E-state index contributed by atoms with van der Waals surface area (Å²) < 4.78 is 5.12. The van der Waals surface area contributed by atoms with Crippen molar-refractivity contribution in [2.24, 2.45) is 22.7 Å². The maximum Gasteiger partial charge on any atom is 0.311 e. The van der Waals surface area contributed by atoms with Crippen LogP contribution < -0.4 is 0 Å². The summed E-state index contributed by atoms with van der Waals surface area (Å²) in [6, 6.07) is 0. The van der Waals surface area contributed by atoms with Gasteiger partial charge in [-0.2, -0.15) is 0 Å². The van der Waals surface area contributed by atoms with E-state index in [1.807, 2.05) is 19.9 Å². The van der Waals surface area contributed by atoms with Crippen molar-refractivity contribution in [1.29, 1.82) is 0 Å². The second-order valence-corrected chi connectivity index (χ2v) is 8.17.